The molecule has 1 aromatic carbocycles. The van der Waals surface area contributed by atoms with Gasteiger partial charge in [-0.05, 0) is 76.3 Å². The Hall–Kier alpha value is -3.88. The fraction of sp³-hybridized carbons (Fsp3) is 0.467. The van der Waals surface area contributed by atoms with E-state index < -0.39 is 17.7 Å². The first kappa shape index (κ1) is 28.1. The number of hydrogen-bond acceptors (Lipinski definition) is 6. The van der Waals surface area contributed by atoms with Gasteiger partial charge in [0.05, 0.1) is 35.6 Å². The first-order valence-electron chi connectivity index (χ1n) is 13.5. The van der Waals surface area contributed by atoms with Crippen LogP contribution in [0.1, 0.15) is 76.3 Å². The largest absolute Gasteiger partial charge is 0.462 e. The number of carbonyl (C=O) groups excluding carboxylic acids is 3. The van der Waals surface area contributed by atoms with Crippen LogP contribution in [-0.2, 0) is 14.3 Å². The van der Waals surface area contributed by atoms with Gasteiger partial charge in [-0.3, -0.25) is 9.78 Å². The molecule has 4 rings (SSSR count). The van der Waals surface area contributed by atoms with Crippen LogP contribution in [0, 0.1) is 5.92 Å². The average molecular weight is 535 g/mol. The second-order valence-electron chi connectivity index (χ2n) is 11.2. The Labute approximate surface area is 229 Å². The number of amides is 2. The van der Waals surface area contributed by atoms with E-state index in [0.29, 0.717) is 18.7 Å². The minimum atomic E-state index is -0.703. The van der Waals surface area contributed by atoms with Crippen molar-refractivity contribution in [2.24, 2.45) is 5.92 Å². The first-order valence-corrected chi connectivity index (χ1v) is 13.5. The van der Waals surface area contributed by atoms with Crippen molar-refractivity contribution >= 4 is 28.9 Å². The summed E-state index contributed by atoms with van der Waals surface area (Å²) in [5.41, 5.74) is 2.47. The second kappa shape index (κ2) is 11.5. The van der Waals surface area contributed by atoms with E-state index in [0.717, 1.165) is 35.0 Å². The van der Waals surface area contributed by atoms with Crippen molar-refractivity contribution in [3.8, 4) is 5.69 Å². The van der Waals surface area contributed by atoms with Crippen LogP contribution >= 0.6 is 0 Å². The summed E-state index contributed by atoms with van der Waals surface area (Å²) in [5.74, 6) is -0.600. The van der Waals surface area contributed by atoms with Gasteiger partial charge in [0.25, 0.3) is 0 Å². The molecule has 2 atom stereocenters. The molecule has 1 N–H and O–H groups in total. The molecule has 1 aliphatic rings. The molecule has 0 spiro atoms. The summed E-state index contributed by atoms with van der Waals surface area (Å²) in [5, 5.41) is 3.59. The SMILES string of the molecule is CCOC(=O)c1cccc2c1ccn2-c1cncc([C@@H]2CCCN2C(=O)[C@@H](NC(=O)OC(C)(C)C)C(C)C)c1. The van der Waals surface area contributed by atoms with Gasteiger partial charge in [-0.25, -0.2) is 9.59 Å². The molecular weight excluding hydrogens is 496 g/mol. The predicted molar refractivity (Wildman–Crippen MR) is 149 cm³/mol. The van der Waals surface area contributed by atoms with Crippen LogP contribution in [0.3, 0.4) is 0 Å². The molecule has 9 nitrogen and oxygen atoms in total. The summed E-state index contributed by atoms with van der Waals surface area (Å²) in [6, 6.07) is 8.61. The normalized spacial score (nSPS) is 16.4. The molecule has 2 amide bonds. The van der Waals surface area contributed by atoms with Gasteiger partial charge in [0.15, 0.2) is 0 Å². The van der Waals surface area contributed by atoms with E-state index in [1.54, 1.807) is 46.2 Å². The zero-order chi connectivity index (χ0) is 28.3. The Morgan fingerprint density at radius 3 is 2.62 bits per heavy atom. The van der Waals surface area contributed by atoms with Crippen molar-refractivity contribution in [3.63, 3.8) is 0 Å². The third-order valence-electron chi connectivity index (χ3n) is 6.78. The molecular formula is C30H38N4O5. The molecule has 0 unspecified atom stereocenters. The van der Waals surface area contributed by atoms with Gasteiger partial charge in [-0.2, -0.15) is 0 Å². The van der Waals surface area contributed by atoms with Gasteiger partial charge in [-0.1, -0.05) is 19.9 Å². The second-order valence-corrected chi connectivity index (χ2v) is 11.2. The number of nitrogens with one attached hydrogen (secondary N) is 1. The molecule has 3 heterocycles. The zero-order valence-electron chi connectivity index (χ0n) is 23.6. The molecule has 39 heavy (non-hydrogen) atoms. The molecule has 208 valence electrons. The summed E-state index contributed by atoms with van der Waals surface area (Å²) in [6.45, 7) is 11.9. The van der Waals surface area contributed by atoms with Crippen molar-refractivity contribution in [2.45, 2.75) is 72.1 Å². The average Bonchev–Trinajstić information content (AvgIpc) is 3.53. The lowest BCUT2D eigenvalue weighted by Gasteiger charge is -2.32. The Kier molecular flexibility index (Phi) is 8.28. The van der Waals surface area contributed by atoms with Gasteiger partial charge < -0.3 is 24.3 Å². The van der Waals surface area contributed by atoms with Crippen molar-refractivity contribution in [1.82, 2.24) is 19.8 Å². The van der Waals surface area contributed by atoms with Crippen LogP contribution in [0.2, 0.25) is 0 Å². The van der Waals surface area contributed by atoms with Gasteiger partial charge >= 0.3 is 12.1 Å². The smallest absolute Gasteiger partial charge is 0.408 e. The lowest BCUT2D eigenvalue weighted by atomic mass is 10.0. The first-order chi connectivity index (χ1) is 18.5. The fourth-order valence-corrected chi connectivity index (χ4v) is 5.04. The van der Waals surface area contributed by atoms with E-state index in [1.165, 1.54) is 0 Å². The number of benzene rings is 1. The highest BCUT2D eigenvalue weighted by Gasteiger charge is 2.37. The zero-order valence-corrected chi connectivity index (χ0v) is 23.6. The van der Waals surface area contributed by atoms with Crippen LogP contribution in [0.5, 0.6) is 0 Å². The third kappa shape index (κ3) is 6.24. The molecule has 0 saturated carbocycles. The number of ether oxygens (including phenoxy) is 2. The maximum absolute atomic E-state index is 13.7. The van der Waals surface area contributed by atoms with E-state index in [4.69, 9.17) is 9.47 Å². The Morgan fingerprint density at radius 1 is 1.15 bits per heavy atom. The van der Waals surface area contributed by atoms with Crippen molar-refractivity contribution in [1.29, 1.82) is 0 Å². The third-order valence-corrected chi connectivity index (χ3v) is 6.78. The molecule has 0 radical (unpaired) electrons. The summed E-state index contributed by atoms with van der Waals surface area (Å²) >= 11 is 0. The van der Waals surface area contributed by atoms with Gasteiger partial charge in [0.2, 0.25) is 5.91 Å². The fourth-order valence-electron chi connectivity index (χ4n) is 5.04. The Morgan fingerprint density at radius 2 is 1.92 bits per heavy atom. The van der Waals surface area contributed by atoms with Crippen LogP contribution < -0.4 is 5.32 Å². The highest BCUT2D eigenvalue weighted by molar-refractivity contribution is 6.04. The number of hydrogen-bond donors (Lipinski definition) is 1. The molecule has 0 bridgehead atoms. The van der Waals surface area contributed by atoms with Crippen molar-refractivity contribution in [3.05, 3.63) is 60.0 Å². The summed E-state index contributed by atoms with van der Waals surface area (Å²) in [6.07, 6.45) is 6.52. The standard InChI is InChI=1S/C30H38N4O5/c1-7-38-28(36)23-10-8-11-25-22(23)13-15-33(25)21-16-20(17-31-18-21)24-12-9-14-34(24)27(35)26(19(2)3)32-29(37)39-30(4,5)6/h8,10-11,13,15-19,24,26H,7,9,12,14H2,1-6H3,(H,32,37)/t24-,26-/m0/s1. The van der Waals surface area contributed by atoms with Gasteiger partial charge in [0, 0.05) is 24.3 Å². The number of rotatable bonds is 7. The number of pyridine rings is 1. The van der Waals surface area contributed by atoms with Crippen molar-refractivity contribution in [2.75, 3.05) is 13.2 Å². The van der Waals surface area contributed by atoms with E-state index in [2.05, 4.69) is 10.3 Å². The number of carbonyl (C=O) groups is 3. The van der Waals surface area contributed by atoms with Crippen LogP contribution in [-0.4, -0.2) is 57.2 Å². The lowest BCUT2D eigenvalue weighted by molar-refractivity contribution is -0.135. The quantitative estimate of drug-likeness (QED) is 0.406. The number of fused-ring (bicyclic) bond motifs is 1. The summed E-state index contributed by atoms with van der Waals surface area (Å²) in [7, 11) is 0. The maximum atomic E-state index is 13.7. The predicted octanol–water partition coefficient (Wildman–Crippen LogP) is 5.42. The highest BCUT2D eigenvalue weighted by atomic mass is 16.6. The summed E-state index contributed by atoms with van der Waals surface area (Å²) < 4.78 is 12.6. The van der Waals surface area contributed by atoms with Gasteiger partial charge in [-0.15, -0.1) is 0 Å². The number of alkyl carbamates (subject to hydrolysis) is 1. The molecule has 1 aliphatic heterocycles. The van der Waals surface area contributed by atoms with E-state index in [9.17, 15) is 14.4 Å². The topological polar surface area (TPSA) is 103 Å². The molecule has 1 fully saturated rings. The number of esters is 1. The Bertz CT molecular complexity index is 1360. The number of nitrogens with zero attached hydrogens (tertiary/aromatic N) is 3. The Balaban J connectivity index is 1.60. The van der Waals surface area contributed by atoms with Crippen LogP contribution in [0.15, 0.2) is 48.9 Å². The van der Waals surface area contributed by atoms with Gasteiger partial charge in [0.1, 0.15) is 11.6 Å². The van der Waals surface area contributed by atoms with E-state index >= 15 is 0 Å². The van der Waals surface area contributed by atoms with Crippen LogP contribution in [0.25, 0.3) is 16.6 Å². The molecule has 1 saturated heterocycles. The lowest BCUT2D eigenvalue weighted by Crippen LogP contribution is -2.52. The monoisotopic (exact) mass is 534 g/mol. The van der Waals surface area contributed by atoms with Crippen LogP contribution in [0.4, 0.5) is 4.79 Å². The molecule has 9 heteroatoms. The molecule has 0 aliphatic carbocycles. The number of likely N-dealkylation sites (tertiary alicyclic amines) is 1. The van der Waals surface area contributed by atoms with Crippen molar-refractivity contribution < 1.29 is 23.9 Å². The highest BCUT2D eigenvalue weighted by Crippen LogP contribution is 2.34. The number of aromatic nitrogens is 2. The minimum absolute atomic E-state index is 0.115. The minimum Gasteiger partial charge on any atom is -0.462 e. The van der Waals surface area contributed by atoms with E-state index in [-0.39, 0.29) is 23.8 Å². The summed E-state index contributed by atoms with van der Waals surface area (Å²) in [4.78, 5) is 45.0. The van der Waals surface area contributed by atoms with E-state index in [1.807, 2.05) is 53.8 Å². The molecule has 2 aromatic heterocycles. The molecule has 3 aromatic rings. The maximum Gasteiger partial charge on any atom is 0.408 e.